The predicted molar refractivity (Wildman–Crippen MR) is 78.0 cm³/mol. The number of likely N-dealkylation sites (tertiary alicyclic amines) is 1. The summed E-state index contributed by atoms with van der Waals surface area (Å²) in [6, 6.07) is 6.21. The number of benzene rings is 1. The molecule has 1 aromatic rings. The van der Waals surface area contributed by atoms with E-state index in [4.69, 9.17) is 0 Å². The lowest BCUT2D eigenvalue weighted by molar-refractivity contribution is -0.147. The van der Waals surface area contributed by atoms with Gasteiger partial charge < -0.3 is 5.32 Å². The molecular weight excluding hydrogens is 333 g/mol. The smallest absolute Gasteiger partial charge is 0.381 e. The number of hydrogen-bond donors (Lipinski definition) is 1. The van der Waals surface area contributed by atoms with Gasteiger partial charge in [-0.2, -0.15) is 13.2 Å². The second-order valence-corrected chi connectivity index (χ2v) is 6.04. The largest absolute Gasteiger partial charge is 0.401 e. The number of hydrogen-bond acceptors (Lipinski definition) is 2. The van der Waals surface area contributed by atoms with Crippen molar-refractivity contribution in [3.63, 3.8) is 0 Å². The van der Waals surface area contributed by atoms with Crippen LogP contribution in [-0.2, 0) is 0 Å². The van der Waals surface area contributed by atoms with Gasteiger partial charge >= 0.3 is 6.18 Å². The Morgan fingerprint density at radius 1 is 1.30 bits per heavy atom. The quantitative estimate of drug-likeness (QED) is 0.878. The zero-order valence-corrected chi connectivity index (χ0v) is 12.9. The summed E-state index contributed by atoms with van der Waals surface area (Å²) < 4.78 is 38.0. The normalized spacial score (nSPS) is 18.2. The van der Waals surface area contributed by atoms with Crippen LogP contribution in [0.3, 0.4) is 0 Å². The SMILES string of the molecule is Cc1cccc(NC2CCN(CC(F)(F)F)CC2)c1Br. The van der Waals surface area contributed by atoms with Crippen molar-refractivity contribution in [3.05, 3.63) is 28.2 Å². The van der Waals surface area contributed by atoms with E-state index in [1.54, 1.807) is 0 Å². The van der Waals surface area contributed by atoms with Crippen LogP contribution >= 0.6 is 15.9 Å². The number of nitrogens with one attached hydrogen (secondary N) is 1. The topological polar surface area (TPSA) is 15.3 Å². The molecule has 0 atom stereocenters. The van der Waals surface area contributed by atoms with Crippen molar-refractivity contribution in [2.75, 3.05) is 25.0 Å². The molecule has 1 aliphatic rings. The first-order valence-corrected chi connectivity index (χ1v) is 7.45. The van der Waals surface area contributed by atoms with Crippen LogP contribution in [0, 0.1) is 6.92 Å². The van der Waals surface area contributed by atoms with E-state index < -0.39 is 12.7 Å². The van der Waals surface area contributed by atoms with E-state index in [1.807, 2.05) is 25.1 Å². The lowest BCUT2D eigenvalue weighted by Gasteiger charge is -2.33. The molecule has 1 aromatic carbocycles. The van der Waals surface area contributed by atoms with E-state index in [0.717, 1.165) is 28.6 Å². The van der Waals surface area contributed by atoms with Gasteiger partial charge in [0.15, 0.2) is 0 Å². The summed E-state index contributed by atoms with van der Waals surface area (Å²) in [5.74, 6) is 0. The lowest BCUT2D eigenvalue weighted by Crippen LogP contribution is -2.43. The molecule has 0 unspecified atom stereocenters. The minimum Gasteiger partial charge on any atom is -0.381 e. The molecule has 1 fully saturated rings. The number of halogens is 4. The van der Waals surface area contributed by atoms with Gasteiger partial charge in [0.1, 0.15) is 0 Å². The summed E-state index contributed by atoms with van der Waals surface area (Å²) >= 11 is 3.54. The molecule has 0 aliphatic carbocycles. The number of rotatable bonds is 3. The fraction of sp³-hybridized carbons (Fsp3) is 0.571. The first kappa shape index (κ1) is 15.6. The molecule has 112 valence electrons. The maximum absolute atomic E-state index is 12.3. The number of nitrogens with zero attached hydrogens (tertiary/aromatic N) is 1. The molecule has 0 amide bonds. The number of alkyl halides is 3. The summed E-state index contributed by atoms with van der Waals surface area (Å²) in [4.78, 5) is 1.48. The van der Waals surface area contributed by atoms with E-state index >= 15 is 0 Å². The highest BCUT2D eigenvalue weighted by Gasteiger charge is 2.32. The summed E-state index contributed by atoms with van der Waals surface area (Å²) in [6.07, 6.45) is -2.63. The molecule has 20 heavy (non-hydrogen) atoms. The zero-order valence-electron chi connectivity index (χ0n) is 11.3. The maximum Gasteiger partial charge on any atom is 0.401 e. The molecule has 1 heterocycles. The number of piperidine rings is 1. The lowest BCUT2D eigenvalue weighted by atomic mass is 10.0. The van der Waals surface area contributed by atoms with Crippen LogP contribution in [0.15, 0.2) is 22.7 Å². The van der Waals surface area contributed by atoms with Gasteiger partial charge in [-0.3, -0.25) is 4.90 Å². The Morgan fingerprint density at radius 2 is 1.95 bits per heavy atom. The minimum absolute atomic E-state index is 0.234. The van der Waals surface area contributed by atoms with E-state index in [2.05, 4.69) is 21.2 Å². The molecule has 0 spiro atoms. The maximum atomic E-state index is 12.3. The van der Waals surface area contributed by atoms with E-state index in [-0.39, 0.29) is 6.04 Å². The summed E-state index contributed by atoms with van der Waals surface area (Å²) in [5.41, 5.74) is 2.16. The Balaban J connectivity index is 1.87. The average Bonchev–Trinajstić information content (AvgIpc) is 2.35. The van der Waals surface area contributed by atoms with E-state index in [1.165, 1.54) is 4.90 Å². The van der Waals surface area contributed by atoms with Crippen LogP contribution in [0.1, 0.15) is 18.4 Å². The van der Waals surface area contributed by atoms with Crippen molar-refractivity contribution in [3.8, 4) is 0 Å². The van der Waals surface area contributed by atoms with Gasteiger partial charge in [-0.25, -0.2) is 0 Å². The second kappa shape index (κ2) is 6.35. The third-order valence-corrected chi connectivity index (χ3v) is 4.59. The molecular formula is C14H18BrF3N2. The number of aryl methyl sites for hydroxylation is 1. The monoisotopic (exact) mass is 350 g/mol. The van der Waals surface area contributed by atoms with Crippen LogP contribution in [0.5, 0.6) is 0 Å². The Morgan fingerprint density at radius 3 is 2.55 bits per heavy atom. The predicted octanol–water partition coefficient (Wildman–Crippen LogP) is 4.20. The zero-order chi connectivity index (χ0) is 14.8. The van der Waals surface area contributed by atoms with E-state index in [0.29, 0.717) is 13.1 Å². The highest BCUT2D eigenvalue weighted by Crippen LogP contribution is 2.28. The van der Waals surface area contributed by atoms with Gasteiger partial charge in [-0.1, -0.05) is 12.1 Å². The molecule has 6 heteroatoms. The first-order chi connectivity index (χ1) is 9.35. The van der Waals surface area contributed by atoms with Gasteiger partial charge in [0.25, 0.3) is 0 Å². The third-order valence-electron chi connectivity index (χ3n) is 3.54. The molecule has 0 saturated carbocycles. The summed E-state index contributed by atoms with van der Waals surface area (Å²) in [5, 5.41) is 3.42. The van der Waals surface area contributed by atoms with Gasteiger partial charge in [0.05, 0.1) is 6.54 Å². The molecule has 1 N–H and O–H groups in total. The van der Waals surface area contributed by atoms with Gasteiger partial charge in [-0.05, 0) is 47.3 Å². The fourth-order valence-corrected chi connectivity index (χ4v) is 2.85. The molecule has 1 saturated heterocycles. The minimum atomic E-state index is -4.10. The second-order valence-electron chi connectivity index (χ2n) is 5.25. The van der Waals surface area contributed by atoms with Crippen molar-refractivity contribution in [1.29, 1.82) is 0 Å². The fourth-order valence-electron chi connectivity index (χ4n) is 2.47. The molecule has 0 bridgehead atoms. The highest BCUT2D eigenvalue weighted by atomic mass is 79.9. The van der Waals surface area contributed by atoms with Crippen LogP contribution in [0.2, 0.25) is 0 Å². The Hall–Kier alpha value is -0.750. The van der Waals surface area contributed by atoms with E-state index in [9.17, 15) is 13.2 Å². The van der Waals surface area contributed by atoms with Crippen molar-refractivity contribution < 1.29 is 13.2 Å². The van der Waals surface area contributed by atoms with Crippen LogP contribution < -0.4 is 5.32 Å². The molecule has 2 rings (SSSR count). The van der Waals surface area contributed by atoms with Crippen LogP contribution in [-0.4, -0.2) is 36.8 Å². The van der Waals surface area contributed by atoms with Gasteiger partial charge in [0.2, 0.25) is 0 Å². The molecule has 0 radical (unpaired) electrons. The van der Waals surface area contributed by atoms with Crippen molar-refractivity contribution in [2.45, 2.75) is 32.0 Å². The summed E-state index contributed by atoms with van der Waals surface area (Å²) in [6.45, 7) is 2.19. The van der Waals surface area contributed by atoms with Crippen LogP contribution in [0.4, 0.5) is 18.9 Å². The first-order valence-electron chi connectivity index (χ1n) is 6.66. The number of anilines is 1. The molecule has 0 aromatic heterocycles. The van der Waals surface area contributed by atoms with Crippen molar-refractivity contribution >= 4 is 21.6 Å². The van der Waals surface area contributed by atoms with Crippen molar-refractivity contribution in [1.82, 2.24) is 4.90 Å². The van der Waals surface area contributed by atoms with Crippen LogP contribution in [0.25, 0.3) is 0 Å². The molecule has 2 nitrogen and oxygen atoms in total. The Bertz CT molecular complexity index is 454. The Labute approximate surface area is 125 Å². The Kier molecular flexibility index (Phi) is 4.96. The van der Waals surface area contributed by atoms with Crippen molar-refractivity contribution in [2.24, 2.45) is 0 Å². The van der Waals surface area contributed by atoms with Gasteiger partial charge in [-0.15, -0.1) is 0 Å². The highest BCUT2D eigenvalue weighted by molar-refractivity contribution is 9.10. The molecule has 1 aliphatic heterocycles. The summed E-state index contributed by atoms with van der Waals surface area (Å²) in [7, 11) is 0. The third kappa shape index (κ3) is 4.38. The standard InChI is InChI=1S/C14H18BrF3N2/c1-10-3-2-4-12(13(10)15)19-11-5-7-20(8-6-11)9-14(16,17)18/h2-4,11,19H,5-9H2,1H3. The average molecular weight is 351 g/mol. The van der Waals surface area contributed by atoms with Gasteiger partial charge in [0, 0.05) is 29.3 Å².